The van der Waals surface area contributed by atoms with Crippen molar-refractivity contribution >= 4 is 17.9 Å². The first-order valence-electron chi connectivity index (χ1n) is 21.0. The van der Waals surface area contributed by atoms with E-state index in [4.69, 9.17) is 14.2 Å². The Kier molecular flexibility index (Phi) is 33.9. The van der Waals surface area contributed by atoms with Crippen LogP contribution in [0.1, 0.15) is 174 Å². The summed E-state index contributed by atoms with van der Waals surface area (Å²) in [5.41, 5.74) is 0. The first-order chi connectivity index (χ1) is 25.1. The molecule has 0 aromatic carbocycles. The highest BCUT2D eigenvalue weighted by molar-refractivity contribution is 5.72. The second-order valence-corrected chi connectivity index (χ2v) is 15.3. The van der Waals surface area contributed by atoms with Gasteiger partial charge in [-0.15, -0.1) is 0 Å². The van der Waals surface area contributed by atoms with E-state index in [0.717, 1.165) is 77.0 Å². The van der Waals surface area contributed by atoms with Crippen LogP contribution in [0.25, 0.3) is 0 Å². The van der Waals surface area contributed by atoms with Gasteiger partial charge in [0.1, 0.15) is 6.61 Å². The molecule has 0 aliphatic rings. The van der Waals surface area contributed by atoms with Crippen LogP contribution in [0.3, 0.4) is 0 Å². The van der Waals surface area contributed by atoms with E-state index in [2.05, 4.69) is 50.3 Å². The number of carbonyl (C=O) groups is 3. The van der Waals surface area contributed by atoms with Gasteiger partial charge in [0.25, 0.3) is 0 Å². The SMILES string of the molecule is CCCC/C=C/CCCCCCC(=O)OC(COCCC(C(=O)O)[N+](C)(C)C)COC(=O)CCCCCCC/C=C/C=C/CCCCCCCCC. The molecule has 0 saturated heterocycles. The number of likely N-dealkylation sites (N-methyl/N-ethyl adjacent to an activating group) is 1. The van der Waals surface area contributed by atoms with Crippen LogP contribution in [0.4, 0.5) is 0 Å². The highest BCUT2D eigenvalue weighted by Crippen LogP contribution is 2.13. The van der Waals surface area contributed by atoms with Gasteiger partial charge in [-0.05, 0) is 57.8 Å². The van der Waals surface area contributed by atoms with Crippen molar-refractivity contribution < 1.29 is 38.2 Å². The van der Waals surface area contributed by atoms with Crippen LogP contribution in [0.15, 0.2) is 36.5 Å². The quantitative estimate of drug-likeness (QED) is 0.0223. The molecule has 0 spiro atoms. The largest absolute Gasteiger partial charge is 0.477 e. The number of hydrogen-bond donors (Lipinski definition) is 1. The Hall–Kier alpha value is -2.45. The van der Waals surface area contributed by atoms with E-state index in [1.54, 1.807) is 0 Å². The number of aliphatic carboxylic acids is 1. The Labute approximate surface area is 319 Å². The Balaban J connectivity index is 4.35. The summed E-state index contributed by atoms with van der Waals surface area (Å²) in [6.45, 7) is 4.65. The number of rotatable bonds is 37. The number of hydrogen-bond acceptors (Lipinski definition) is 6. The topological polar surface area (TPSA) is 99.1 Å². The normalized spacial score (nSPS) is 13.3. The van der Waals surface area contributed by atoms with Gasteiger partial charge < -0.3 is 23.8 Å². The van der Waals surface area contributed by atoms with Gasteiger partial charge in [0.2, 0.25) is 0 Å². The zero-order valence-corrected chi connectivity index (χ0v) is 34.3. The minimum atomic E-state index is -0.880. The van der Waals surface area contributed by atoms with Crippen molar-refractivity contribution in [1.29, 1.82) is 0 Å². The van der Waals surface area contributed by atoms with Gasteiger partial charge >= 0.3 is 17.9 Å². The Bertz CT molecular complexity index is 953. The number of allylic oxidation sites excluding steroid dienone is 6. The van der Waals surface area contributed by atoms with E-state index in [9.17, 15) is 19.5 Å². The van der Waals surface area contributed by atoms with Gasteiger partial charge in [-0.1, -0.05) is 134 Å². The van der Waals surface area contributed by atoms with Crippen LogP contribution < -0.4 is 0 Å². The first kappa shape index (κ1) is 49.6. The Morgan fingerprint density at radius 3 is 1.56 bits per heavy atom. The molecule has 0 heterocycles. The monoisotopic (exact) mass is 735 g/mol. The summed E-state index contributed by atoms with van der Waals surface area (Å²) in [6.07, 6.45) is 39.0. The van der Waals surface area contributed by atoms with Crippen molar-refractivity contribution in [1.82, 2.24) is 0 Å². The third kappa shape index (κ3) is 33.4. The molecule has 0 saturated carbocycles. The molecule has 2 unspecified atom stereocenters. The van der Waals surface area contributed by atoms with Crippen LogP contribution in [0, 0.1) is 0 Å². The number of carbonyl (C=O) groups excluding carboxylic acids is 2. The minimum Gasteiger partial charge on any atom is -0.477 e. The first-order valence-corrected chi connectivity index (χ1v) is 21.0. The van der Waals surface area contributed by atoms with Crippen molar-refractivity contribution in [3.63, 3.8) is 0 Å². The van der Waals surface area contributed by atoms with Gasteiger partial charge in [-0.2, -0.15) is 0 Å². The predicted octanol–water partition coefficient (Wildman–Crippen LogP) is 11.1. The van der Waals surface area contributed by atoms with Crippen LogP contribution >= 0.6 is 0 Å². The molecule has 8 nitrogen and oxygen atoms in total. The maximum atomic E-state index is 12.6. The molecular formula is C44H80NO7+. The number of quaternary nitrogens is 1. The van der Waals surface area contributed by atoms with E-state index >= 15 is 0 Å². The molecule has 1 N–H and O–H groups in total. The van der Waals surface area contributed by atoms with Crippen molar-refractivity contribution in [2.45, 2.75) is 187 Å². The number of esters is 2. The molecule has 0 amide bonds. The molecule has 52 heavy (non-hydrogen) atoms. The van der Waals surface area contributed by atoms with Gasteiger partial charge in [-0.25, -0.2) is 4.79 Å². The van der Waals surface area contributed by atoms with Crippen molar-refractivity contribution in [3.05, 3.63) is 36.5 Å². The fourth-order valence-electron chi connectivity index (χ4n) is 5.94. The van der Waals surface area contributed by atoms with Gasteiger partial charge in [0.05, 0.1) is 34.4 Å². The lowest BCUT2D eigenvalue weighted by molar-refractivity contribution is -0.887. The maximum Gasteiger partial charge on any atom is 0.362 e. The summed E-state index contributed by atoms with van der Waals surface area (Å²) < 4.78 is 17.2. The summed E-state index contributed by atoms with van der Waals surface area (Å²) in [6, 6.07) is -0.617. The number of carboxylic acids is 1. The highest BCUT2D eigenvalue weighted by atomic mass is 16.6. The maximum absolute atomic E-state index is 12.6. The Morgan fingerprint density at radius 2 is 1.04 bits per heavy atom. The third-order valence-corrected chi connectivity index (χ3v) is 9.29. The van der Waals surface area contributed by atoms with Gasteiger partial charge in [-0.3, -0.25) is 9.59 Å². The van der Waals surface area contributed by atoms with Crippen molar-refractivity contribution in [3.8, 4) is 0 Å². The Morgan fingerprint density at radius 1 is 0.577 bits per heavy atom. The summed E-state index contributed by atoms with van der Waals surface area (Å²) in [4.78, 5) is 36.8. The average molecular weight is 735 g/mol. The molecule has 302 valence electrons. The lowest BCUT2D eigenvalue weighted by Crippen LogP contribution is -2.50. The smallest absolute Gasteiger partial charge is 0.362 e. The molecule has 0 aromatic rings. The molecule has 0 radical (unpaired) electrons. The van der Waals surface area contributed by atoms with E-state index in [-0.39, 0.29) is 36.2 Å². The van der Waals surface area contributed by atoms with Crippen LogP contribution in [0.2, 0.25) is 0 Å². The molecule has 2 atom stereocenters. The summed E-state index contributed by atoms with van der Waals surface area (Å²) >= 11 is 0. The second kappa shape index (κ2) is 35.6. The predicted molar refractivity (Wildman–Crippen MR) is 215 cm³/mol. The van der Waals surface area contributed by atoms with E-state index in [1.165, 1.54) is 64.2 Å². The fraction of sp³-hybridized carbons (Fsp3) is 0.795. The lowest BCUT2D eigenvalue weighted by Gasteiger charge is -2.31. The highest BCUT2D eigenvalue weighted by Gasteiger charge is 2.31. The molecule has 0 fully saturated rings. The zero-order valence-electron chi connectivity index (χ0n) is 34.3. The molecule has 0 aromatic heterocycles. The van der Waals surface area contributed by atoms with Crippen LogP contribution in [-0.4, -0.2) is 80.6 Å². The summed E-state index contributed by atoms with van der Waals surface area (Å²) in [7, 11) is 5.51. The molecule has 0 bridgehead atoms. The average Bonchev–Trinajstić information content (AvgIpc) is 3.09. The van der Waals surface area contributed by atoms with Gasteiger partial charge in [0.15, 0.2) is 12.1 Å². The molecule has 0 aliphatic carbocycles. The fourth-order valence-corrected chi connectivity index (χ4v) is 5.94. The van der Waals surface area contributed by atoms with Crippen molar-refractivity contribution in [2.24, 2.45) is 0 Å². The number of unbranched alkanes of at least 4 members (excludes halogenated alkanes) is 18. The molecular weight excluding hydrogens is 654 g/mol. The van der Waals surface area contributed by atoms with Crippen molar-refractivity contribution in [2.75, 3.05) is 41.0 Å². The van der Waals surface area contributed by atoms with Crippen LogP contribution in [-0.2, 0) is 28.6 Å². The zero-order chi connectivity index (χ0) is 38.5. The third-order valence-electron chi connectivity index (χ3n) is 9.29. The molecule has 0 rings (SSSR count). The molecule has 0 aliphatic heterocycles. The van der Waals surface area contributed by atoms with E-state index in [0.29, 0.717) is 19.3 Å². The lowest BCUT2D eigenvalue weighted by atomic mass is 10.1. The molecule has 8 heteroatoms. The second-order valence-electron chi connectivity index (χ2n) is 15.3. The number of nitrogens with zero attached hydrogens (tertiary/aromatic N) is 1. The summed E-state index contributed by atoms with van der Waals surface area (Å²) in [5.74, 6) is -1.51. The number of ether oxygens (including phenoxy) is 3. The standard InChI is InChI=1S/C44H79NO7/c1-6-8-10-12-14-16-18-19-20-21-22-23-24-25-27-28-30-32-34-42(46)51-39-40(38-50-37-36-41(44(48)49)45(3,4)5)52-43(47)35-33-31-29-26-17-15-13-11-9-7-2/h13,15,20-23,40-41H,6-12,14,16-19,24-39H2,1-5H3/p+1/b15-13+,21-20+,23-22+. The van der Waals surface area contributed by atoms with E-state index < -0.39 is 18.1 Å². The van der Waals surface area contributed by atoms with Crippen LogP contribution in [0.5, 0.6) is 0 Å². The number of carboxylic acid groups (broad SMARTS) is 1. The minimum absolute atomic E-state index is 0.0519. The van der Waals surface area contributed by atoms with Gasteiger partial charge in [0, 0.05) is 19.3 Å². The summed E-state index contributed by atoms with van der Waals surface area (Å²) in [5, 5.41) is 9.59. The van der Waals surface area contributed by atoms with E-state index in [1.807, 2.05) is 21.1 Å².